The van der Waals surface area contributed by atoms with Crippen LogP contribution >= 0.6 is 27.7 Å². The first-order valence-electron chi connectivity index (χ1n) is 12.6. The maximum Gasteiger partial charge on any atom is 0.243 e. The summed E-state index contributed by atoms with van der Waals surface area (Å²) in [7, 11) is 1.65. The highest BCUT2D eigenvalue weighted by Gasteiger charge is 2.30. The molecule has 0 heterocycles. The van der Waals surface area contributed by atoms with Crippen LogP contribution in [0.2, 0.25) is 0 Å². The Hall–Kier alpha value is -2.77. The van der Waals surface area contributed by atoms with Crippen molar-refractivity contribution in [3.05, 3.63) is 100 Å². The third kappa shape index (κ3) is 9.56. The molecule has 3 aromatic rings. The minimum atomic E-state index is -0.604. The Morgan fingerprint density at radius 3 is 2.38 bits per heavy atom. The molecule has 3 rings (SSSR count). The van der Waals surface area contributed by atoms with Gasteiger partial charge >= 0.3 is 0 Å². The van der Waals surface area contributed by atoms with Crippen LogP contribution in [-0.4, -0.2) is 42.2 Å². The summed E-state index contributed by atoms with van der Waals surface area (Å²) >= 11 is 5.09. The van der Waals surface area contributed by atoms with Crippen LogP contribution in [0.25, 0.3) is 0 Å². The van der Waals surface area contributed by atoms with Crippen LogP contribution < -0.4 is 10.1 Å². The van der Waals surface area contributed by atoms with Crippen LogP contribution in [0.4, 0.5) is 0 Å². The van der Waals surface area contributed by atoms with Crippen molar-refractivity contribution in [2.24, 2.45) is 0 Å². The smallest absolute Gasteiger partial charge is 0.243 e. The molecule has 0 aliphatic carbocycles. The molecule has 196 valence electrons. The predicted molar refractivity (Wildman–Crippen MR) is 156 cm³/mol. The van der Waals surface area contributed by atoms with Crippen molar-refractivity contribution in [2.75, 3.05) is 19.4 Å². The number of halogens is 1. The largest absolute Gasteiger partial charge is 0.497 e. The summed E-state index contributed by atoms with van der Waals surface area (Å²) in [5.41, 5.74) is 3.12. The molecule has 3 aromatic carbocycles. The quantitative estimate of drug-likeness (QED) is 0.228. The highest BCUT2D eigenvalue weighted by Crippen LogP contribution is 2.21. The summed E-state index contributed by atoms with van der Waals surface area (Å²) in [6.45, 7) is 3.06. The van der Waals surface area contributed by atoms with E-state index in [0.29, 0.717) is 25.3 Å². The summed E-state index contributed by atoms with van der Waals surface area (Å²) in [5, 5.41) is 3.07. The molecule has 37 heavy (non-hydrogen) atoms. The first kappa shape index (κ1) is 28.8. The Morgan fingerprint density at radius 2 is 1.70 bits per heavy atom. The molecule has 0 saturated heterocycles. The van der Waals surface area contributed by atoms with Crippen molar-refractivity contribution in [3.63, 3.8) is 0 Å². The van der Waals surface area contributed by atoms with E-state index >= 15 is 0 Å². The van der Waals surface area contributed by atoms with Gasteiger partial charge in [0.2, 0.25) is 11.8 Å². The second-order valence-electron chi connectivity index (χ2n) is 8.84. The Morgan fingerprint density at radius 1 is 0.973 bits per heavy atom. The van der Waals surface area contributed by atoms with Gasteiger partial charge in [-0.25, -0.2) is 0 Å². The molecule has 0 aliphatic rings. The minimum Gasteiger partial charge on any atom is -0.497 e. The number of nitrogens with one attached hydrogen (secondary N) is 1. The molecule has 0 bridgehead atoms. The van der Waals surface area contributed by atoms with Gasteiger partial charge in [0.25, 0.3) is 0 Å². The SMILES string of the molecule is CCCCNC(=O)[C@@H](Cc1ccccc1)N(Cc1cccc(Br)c1)C(=O)CSCc1ccc(OC)cc1. The number of hydrogen-bond acceptors (Lipinski definition) is 4. The van der Waals surface area contributed by atoms with E-state index in [9.17, 15) is 9.59 Å². The summed E-state index contributed by atoms with van der Waals surface area (Å²) in [4.78, 5) is 28.9. The van der Waals surface area contributed by atoms with Crippen molar-refractivity contribution in [1.82, 2.24) is 10.2 Å². The van der Waals surface area contributed by atoms with Crippen LogP contribution in [0.15, 0.2) is 83.3 Å². The minimum absolute atomic E-state index is 0.0509. The van der Waals surface area contributed by atoms with E-state index in [1.807, 2.05) is 78.9 Å². The number of amides is 2. The van der Waals surface area contributed by atoms with Gasteiger partial charge in [-0.15, -0.1) is 11.8 Å². The average Bonchev–Trinajstić information content (AvgIpc) is 2.91. The van der Waals surface area contributed by atoms with Crippen LogP contribution in [0, 0.1) is 0 Å². The van der Waals surface area contributed by atoms with E-state index in [0.717, 1.165) is 39.8 Å². The molecule has 1 N–H and O–H groups in total. The zero-order valence-electron chi connectivity index (χ0n) is 21.5. The van der Waals surface area contributed by atoms with E-state index in [1.165, 1.54) is 0 Å². The van der Waals surface area contributed by atoms with Gasteiger partial charge in [0.15, 0.2) is 0 Å². The van der Waals surface area contributed by atoms with Gasteiger partial charge in [0, 0.05) is 29.7 Å². The highest BCUT2D eigenvalue weighted by atomic mass is 79.9. The van der Waals surface area contributed by atoms with Gasteiger partial charge in [-0.1, -0.05) is 83.9 Å². The first-order chi connectivity index (χ1) is 18.0. The topological polar surface area (TPSA) is 58.6 Å². The molecule has 7 heteroatoms. The Kier molecular flexibility index (Phi) is 12.0. The lowest BCUT2D eigenvalue weighted by Crippen LogP contribution is -2.51. The molecule has 1 atom stereocenters. The predicted octanol–water partition coefficient (Wildman–Crippen LogP) is 6.25. The number of hydrogen-bond donors (Lipinski definition) is 1. The van der Waals surface area contributed by atoms with Gasteiger partial charge in [-0.05, 0) is 47.4 Å². The third-order valence-corrected chi connectivity index (χ3v) is 7.48. The maximum atomic E-state index is 13.7. The molecule has 5 nitrogen and oxygen atoms in total. The van der Waals surface area contributed by atoms with Crippen molar-refractivity contribution in [2.45, 2.75) is 44.5 Å². The molecule has 0 aromatic heterocycles. The number of carbonyl (C=O) groups excluding carboxylic acids is 2. The lowest BCUT2D eigenvalue weighted by atomic mass is 10.0. The van der Waals surface area contributed by atoms with Crippen molar-refractivity contribution in [1.29, 1.82) is 0 Å². The number of nitrogens with zero attached hydrogens (tertiary/aromatic N) is 1. The lowest BCUT2D eigenvalue weighted by molar-refractivity contribution is -0.139. The van der Waals surface area contributed by atoms with Gasteiger partial charge in [-0.2, -0.15) is 0 Å². The van der Waals surface area contributed by atoms with Gasteiger partial charge in [0.05, 0.1) is 12.9 Å². The van der Waals surface area contributed by atoms with Gasteiger partial charge < -0.3 is 15.0 Å². The van der Waals surface area contributed by atoms with E-state index in [-0.39, 0.29) is 17.6 Å². The fraction of sp³-hybridized carbons (Fsp3) is 0.333. The summed E-state index contributed by atoms with van der Waals surface area (Å²) in [6.07, 6.45) is 2.36. The first-order valence-corrected chi connectivity index (χ1v) is 14.5. The van der Waals surface area contributed by atoms with Crippen LogP contribution in [0.3, 0.4) is 0 Å². The molecule has 2 amide bonds. The molecule has 0 spiro atoms. The molecular weight excluding hydrogens is 548 g/mol. The standard InChI is InChI=1S/C30H35BrN2O3S/c1-3-4-17-32-30(35)28(19-23-9-6-5-7-10-23)33(20-25-11-8-12-26(31)18-25)29(34)22-37-21-24-13-15-27(36-2)16-14-24/h5-16,18,28H,3-4,17,19-22H2,1-2H3,(H,32,35)/t28-/m1/s1. The Balaban J connectivity index is 1.81. The number of ether oxygens (including phenoxy) is 1. The second kappa shape index (κ2) is 15.5. The Labute approximate surface area is 233 Å². The summed E-state index contributed by atoms with van der Waals surface area (Å²) in [6, 6.07) is 25.1. The molecule has 0 fully saturated rings. The molecular formula is C30H35BrN2O3S. The highest BCUT2D eigenvalue weighted by molar-refractivity contribution is 9.10. The van der Waals surface area contributed by atoms with Crippen LogP contribution in [0.1, 0.15) is 36.5 Å². The third-order valence-electron chi connectivity index (χ3n) is 6.00. The molecule has 0 unspecified atom stereocenters. The van der Waals surface area contributed by atoms with Crippen LogP contribution in [-0.2, 0) is 28.3 Å². The summed E-state index contributed by atoms with van der Waals surface area (Å²) < 4.78 is 6.18. The molecule has 0 radical (unpaired) electrons. The van der Waals surface area contributed by atoms with E-state index < -0.39 is 6.04 Å². The van der Waals surface area contributed by atoms with Crippen molar-refractivity contribution in [3.8, 4) is 5.75 Å². The average molecular weight is 584 g/mol. The molecule has 0 aliphatic heterocycles. The lowest BCUT2D eigenvalue weighted by Gasteiger charge is -2.31. The number of unbranched alkanes of at least 4 members (excludes halogenated alkanes) is 1. The zero-order valence-corrected chi connectivity index (χ0v) is 23.9. The van der Waals surface area contributed by atoms with E-state index in [1.54, 1.807) is 23.8 Å². The summed E-state index contributed by atoms with van der Waals surface area (Å²) in [5.74, 6) is 1.63. The maximum absolute atomic E-state index is 13.7. The van der Waals surface area contributed by atoms with E-state index in [2.05, 4.69) is 28.2 Å². The number of rotatable bonds is 14. The van der Waals surface area contributed by atoms with Crippen LogP contribution in [0.5, 0.6) is 5.75 Å². The van der Waals surface area contributed by atoms with E-state index in [4.69, 9.17) is 4.74 Å². The van der Waals surface area contributed by atoms with Gasteiger partial charge in [-0.3, -0.25) is 9.59 Å². The zero-order chi connectivity index (χ0) is 26.5. The normalized spacial score (nSPS) is 11.5. The molecule has 0 saturated carbocycles. The van der Waals surface area contributed by atoms with Gasteiger partial charge in [0.1, 0.15) is 11.8 Å². The number of methoxy groups -OCH3 is 1. The van der Waals surface area contributed by atoms with Crippen molar-refractivity contribution < 1.29 is 14.3 Å². The number of carbonyl (C=O) groups is 2. The number of benzene rings is 3. The fourth-order valence-electron chi connectivity index (χ4n) is 3.95. The van der Waals surface area contributed by atoms with Crippen molar-refractivity contribution >= 4 is 39.5 Å². The fourth-order valence-corrected chi connectivity index (χ4v) is 5.27. The second-order valence-corrected chi connectivity index (χ2v) is 10.7. The monoisotopic (exact) mass is 582 g/mol. The Bertz CT molecular complexity index is 1130. The number of thioether (sulfide) groups is 1.